The molecule has 110 valence electrons. The van der Waals surface area contributed by atoms with Crippen LogP contribution in [0.5, 0.6) is 0 Å². The van der Waals surface area contributed by atoms with E-state index in [1.165, 1.54) is 7.05 Å². The zero-order chi connectivity index (χ0) is 15.3. The number of carbonyl (C=O) groups excluding carboxylic acids is 1. The highest BCUT2D eigenvalue weighted by atomic mass is 79.9. The minimum atomic E-state index is -4.90. The second kappa shape index (κ2) is 6.69. The molecule has 0 aliphatic heterocycles. The molecule has 9 heteroatoms. The molecular formula is C11H11BrF3N3O2. The minimum Gasteiger partial charge on any atom is -0.294 e. The molecule has 5 nitrogen and oxygen atoms in total. The summed E-state index contributed by atoms with van der Waals surface area (Å²) in [7, 11) is 1.36. The van der Waals surface area contributed by atoms with Crippen molar-refractivity contribution in [1.82, 2.24) is 0 Å². The van der Waals surface area contributed by atoms with Gasteiger partial charge in [0.1, 0.15) is 0 Å². The molecule has 0 aliphatic rings. The van der Waals surface area contributed by atoms with Gasteiger partial charge in [-0.15, -0.1) is 13.2 Å². The van der Waals surface area contributed by atoms with Gasteiger partial charge in [0.2, 0.25) is 0 Å². The SMILES string of the molecule is CCC(=O)c1ccc(Br)cc1N(C)/N=N\OC(F)(F)F. The summed E-state index contributed by atoms with van der Waals surface area (Å²) in [6.45, 7) is 1.68. The van der Waals surface area contributed by atoms with E-state index in [1.54, 1.807) is 25.1 Å². The van der Waals surface area contributed by atoms with E-state index < -0.39 is 6.36 Å². The third-order valence-corrected chi connectivity index (χ3v) is 2.74. The first-order valence-corrected chi connectivity index (χ1v) is 6.26. The van der Waals surface area contributed by atoms with Gasteiger partial charge in [-0.25, -0.2) is 5.01 Å². The van der Waals surface area contributed by atoms with Crippen molar-refractivity contribution in [1.29, 1.82) is 0 Å². The van der Waals surface area contributed by atoms with Crippen molar-refractivity contribution in [2.75, 3.05) is 12.1 Å². The first-order valence-electron chi connectivity index (χ1n) is 5.47. The zero-order valence-corrected chi connectivity index (χ0v) is 12.2. The van der Waals surface area contributed by atoms with Crippen molar-refractivity contribution in [3.63, 3.8) is 0 Å². The van der Waals surface area contributed by atoms with Crippen LogP contribution in [0.1, 0.15) is 23.7 Å². The summed E-state index contributed by atoms with van der Waals surface area (Å²) in [6, 6.07) is 4.76. The fourth-order valence-electron chi connectivity index (χ4n) is 1.37. The van der Waals surface area contributed by atoms with Gasteiger partial charge in [0.15, 0.2) is 5.78 Å². The molecule has 0 aliphatic carbocycles. The molecule has 0 heterocycles. The van der Waals surface area contributed by atoms with Gasteiger partial charge in [0.25, 0.3) is 0 Å². The molecule has 0 aromatic heterocycles. The average Bonchev–Trinajstić information content (AvgIpc) is 2.36. The quantitative estimate of drug-likeness (QED) is 0.450. The largest absolute Gasteiger partial charge is 0.594 e. The van der Waals surface area contributed by atoms with E-state index >= 15 is 0 Å². The second-order valence-electron chi connectivity index (χ2n) is 3.67. The molecule has 0 fully saturated rings. The van der Waals surface area contributed by atoms with Crippen molar-refractivity contribution < 1.29 is 22.8 Å². The lowest BCUT2D eigenvalue weighted by molar-refractivity contribution is -0.329. The number of rotatable bonds is 5. The topological polar surface area (TPSA) is 54.3 Å². The number of nitrogens with zero attached hydrogens (tertiary/aromatic N) is 3. The maximum atomic E-state index is 11.8. The van der Waals surface area contributed by atoms with Crippen molar-refractivity contribution >= 4 is 27.4 Å². The van der Waals surface area contributed by atoms with Crippen LogP contribution in [0.15, 0.2) is 33.2 Å². The zero-order valence-electron chi connectivity index (χ0n) is 10.6. The summed E-state index contributed by atoms with van der Waals surface area (Å²) >= 11 is 3.21. The molecule has 0 saturated carbocycles. The van der Waals surface area contributed by atoms with Crippen LogP contribution in [0.25, 0.3) is 0 Å². The van der Waals surface area contributed by atoms with Gasteiger partial charge in [0, 0.05) is 23.5 Å². The number of halogens is 4. The van der Waals surface area contributed by atoms with Crippen molar-refractivity contribution in [3.05, 3.63) is 28.2 Å². The van der Waals surface area contributed by atoms with Gasteiger partial charge in [-0.2, -0.15) is 0 Å². The monoisotopic (exact) mass is 353 g/mol. The van der Waals surface area contributed by atoms with Crippen LogP contribution in [0.3, 0.4) is 0 Å². The fraction of sp³-hybridized carbons (Fsp3) is 0.364. The van der Waals surface area contributed by atoms with Crippen molar-refractivity contribution in [3.8, 4) is 0 Å². The third kappa shape index (κ3) is 4.80. The van der Waals surface area contributed by atoms with Gasteiger partial charge in [-0.3, -0.25) is 9.63 Å². The molecule has 0 spiro atoms. The Bertz CT molecular complexity index is 520. The summed E-state index contributed by atoms with van der Waals surface area (Å²) in [5, 5.41) is 6.84. The average molecular weight is 354 g/mol. The molecule has 0 unspecified atom stereocenters. The molecule has 20 heavy (non-hydrogen) atoms. The molecular weight excluding hydrogens is 343 g/mol. The Balaban J connectivity index is 2.99. The van der Waals surface area contributed by atoms with Crippen LogP contribution in [0, 0.1) is 0 Å². The summed E-state index contributed by atoms with van der Waals surface area (Å²) in [4.78, 5) is 15.0. The number of carbonyl (C=O) groups is 1. The number of anilines is 1. The number of Topliss-reactive ketones (excluding diaryl/α,β-unsaturated/α-hetero) is 1. The summed E-state index contributed by atoms with van der Waals surface area (Å²) in [5.41, 5.74) is 0.657. The van der Waals surface area contributed by atoms with Crippen molar-refractivity contribution in [2.24, 2.45) is 10.5 Å². The first kappa shape index (κ1) is 16.4. The van der Waals surface area contributed by atoms with Gasteiger partial charge in [0.05, 0.1) is 11.0 Å². The maximum absolute atomic E-state index is 11.8. The highest BCUT2D eigenvalue weighted by Gasteiger charge is 2.31. The number of hydrogen-bond acceptors (Lipinski definition) is 4. The Morgan fingerprint density at radius 3 is 2.65 bits per heavy atom. The molecule has 0 atom stereocenters. The molecule has 1 aromatic rings. The van der Waals surface area contributed by atoms with E-state index in [9.17, 15) is 18.0 Å². The second-order valence-corrected chi connectivity index (χ2v) is 4.59. The van der Waals surface area contributed by atoms with E-state index in [0.717, 1.165) is 5.01 Å². The molecule has 0 saturated heterocycles. The lowest BCUT2D eigenvalue weighted by Gasteiger charge is -2.15. The number of ketones is 1. The summed E-state index contributed by atoms with van der Waals surface area (Å²) < 4.78 is 36.0. The van der Waals surface area contributed by atoms with Gasteiger partial charge in [-0.1, -0.05) is 22.9 Å². The molecule has 0 N–H and O–H groups in total. The van der Waals surface area contributed by atoms with Crippen LogP contribution in [0.4, 0.5) is 18.9 Å². The van der Waals surface area contributed by atoms with Crippen LogP contribution in [0.2, 0.25) is 0 Å². The van der Waals surface area contributed by atoms with Gasteiger partial charge < -0.3 is 0 Å². The normalized spacial score (nSPS) is 11.7. The fourth-order valence-corrected chi connectivity index (χ4v) is 1.72. The van der Waals surface area contributed by atoms with E-state index in [-0.39, 0.29) is 12.2 Å². The lowest BCUT2D eigenvalue weighted by atomic mass is 10.1. The number of alkyl halides is 3. The predicted molar refractivity (Wildman–Crippen MR) is 69.2 cm³/mol. The summed E-state index contributed by atoms with van der Waals surface area (Å²) in [6.07, 6.45) is -4.64. The Morgan fingerprint density at radius 2 is 2.10 bits per heavy atom. The number of hydrogen-bond donors (Lipinski definition) is 0. The molecule has 0 radical (unpaired) electrons. The highest BCUT2D eigenvalue weighted by molar-refractivity contribution is 9.10. The first-order chi connectivity index (χ1) is 9.24. The van der Waals surface area contributed by atoms with E-state index in [0.29, 0.717) is 15.7 Å². The molecule has 0 amide bonds. The van der Waals surface area contributed by atoms with E-state index in [4.69, 9.17) is 0 Å². The van der Waals surface area contributed by atoms with E-state index in [1.807, 2.05) is 0 Å². The third-order valence-electron chi connectivity index (χ3n) is 2.24. The van der Waals surface area contributed by atoms with Crippen LogP contribution >= 0.6 is 15.9 Å². The van der Waals surface area contributed by atoms with E-state index in [2.05, 4.69) is 31.3 Å². The number of benzene rings is 1. The van der Waals surface area contributed by atoms with Crippen LogP contribution in [-0.2, 0) is 4.84 Å². The summed E-state index contributed by atoms with van der Waals surface area (Å²) in [5.74, 6) is -0.161. The Morgan fingerprint density at radius 1 is 1.45 bits per heavy atom. The van der Waals surface area contributed by atoms with Crippen LogP contribution in [-0.4, -0.2) is 19.2 Å². The Hall–Kier alpha value is -1.64. The lowest BCUT2D eigenvalue weighted by Crippen LogP contribution is -2.14. The predicted octanol–water partition coefficient (Wildman–Crippen LogP) is 4.30. The van der Waals surface area contributed by atoms with Crippen molar-refractivity contribution in [2.45, 2.75) is 19.7 Å². The van der Waals surface area contributed by atoms with Gasteiger partial charge >= 0.3 is 6.36 Å². The highest BCUT2D eigenvalue weighted by Crippen LogP contribution is 2.26. The maximum Gasteiger partial charge on any atom is 0.594 e. The molecule has 1 rings (SSSR count). The smallest absolute Gasteiger partial charge is 0.294 e. The standard InChI is InChI=1S/C11H11BrF3N3O2/c1-3-10(19)8-5-4-7(12)6-9(8)18(2)16-17-20-11(13,14)15/h4-6H,3H2,1-2H3/b17-16-. The molecule has 0 bridgehead atoms. The minimum absolute atomic E-state index is 0.161. The van der Waals surface area contributed by atoms with Gasteiger partial charge in [-0.05, 0) is 23.4 Å². The Kier molecular flexibility index (Phi) is 5.49. The molecule has 1 aromatic carbocycles. The van der Waals surface area contributed by atoms with Crippen LogP contribution < -0.4 is 5.01 Å². The Labute approximate surface area is 121 Å².